The van der Waals surface area contributed by atoms with Crippen LogP contribution in [0, 0.1) is 18.6 Å². The molecule has 0 fully saturated rings. The highest BCUT2D eigenvalue weighted by Gasteiger charge is 2.16. The lowest BCUT2D eigenvalue weighted by molar-refractivity contribution is 0.111. The van der Waals surface area contributed by atoms with E-state index >= 15 is 0 Å². The summed E-state index contributed by atoms with van der Waals surface area (Å²) in [5.41, 5.74) is 10.2. The zero-order valence-electron chi connectivity index (χ0n) is 18.3. The highest BCUT2D eigenvalue weighted by molar-refractivity contribution is 5.71. The number of rotatable bonds is 9. The molecule has 1 heterocycles. The lowest BCUT2D eigenvalue weighted by Gasteiger charge is -2.19. The van der Waals surface area contributed by atoms with Crippen molar-refractivity contribution in [2.75, 3.05) is 6.54 Å². The maximum absolute atomic E-state index is 13.2. The predicted octanol–water partition coefficient (Wildman–Crippen LogP) is 3.08. The first-order valence-corrected chi connectivity index (χ1v) is 10.4. The Labute approximate surface area is 186 Å². The van der Waals surface area contributed by atoms with Crippen LogP contribution in [0.1, 0.15) is 39.8 Å². The summed E-state index contributed by atoms with van der Waals surface area (Å²) in [6.45, 7) is 4.89. The quantitative estimate of drug-likeness (QED) is 0.380. The molecule has 0 bridgehead atoms. The molecule has 8 heteroatoms. The molecule has 2 atom stereocenters. The number of hydrogen-bond acceptors (Lipinski definition) is 5. The Morgan fingerprint density at radius 1 is 1.12 bits per heavy atom. The number of carbonyl (C=O) groups is 1. The molecule has 0 amide bonds. The van der Waals surface area contributed by atoms with Crippen LogP contribution < -0.4 is 11.1 Å². The molecule has 0 aliphatic carbocycles. The molecule has 0 radical (unpaired) electrons. The SMILES string of the molecule is CCc1cccc(CNCC(O)C(N)Cc2cc(F)cc(F)c2)c1.Cc1cc(C=O)n[nH]1. The normalized spacial score (nSPS) is 12.6. The number of aliphatic hydroxyl groups is 1. The summed E-state index contributed by atoms with van der Waals surface area (Å²) in [7, 11) is 0. The maximum atomic E-state index is 13.2. The van der Waals surface area contributed by atoms with Gasteiger partial charge in [-0.05, 0) is 54.7 Å². The minimum atomic E-state index is -0.800. The second kappa shape index (κ2) is 12.8. The highest BCUT2D eigenvalue weighted by atomic mass is 19.1. The minimum absolute atomic E-state index is 0.211. The fourth-order valence-corrected chi connectivity index (χ4v) is 3.11. The van der Waals surface area contributed by atoms with Crippen LogP contribution in [0.25, 0.3) is 0 Å². The monoisotopic (exact) mass is 444 g/mol. The molecule has 6 nitrogen and oxygen atoms in total. The smallest absolute Gasteiger partial charge is 0.170 e. The van der Waals surface area contributed by atoms with Gasteiger partial charge in [0.2, 0.25) is 0 Å². The largest absolute Gasteiger partial charge is 0.390 e. The van der Waals surface area contributed by atoms with Gasteiger partial charge in [0.1, 0.15) is 17.3 Å². The number of aliphatic hydroxyl groups excluding tert-OH is 1. The summed E-state index contributed by atoms with van der Waals surface area (Å²) in [5.74, 6) is -1.28. The number of aromatic amines is 1. The highest BCUT2D eigenvalue weighted by Crippen LogP contribution is 2.11. The van der Waals surface area contributed by atoms with E-state index in [4.69, 9.17) is 5.73 Å². The zero-order valence-corrected chi connectivity index (χ0v) is 18.3. The Hall–Kier alpha value is -2.94. The lowest BCUT2D eigenvalue weighted by atomic mass is 10.0. The summed E-state index contributed by atoms with van der Waals surface area (Å²) in [4.78, 5) is 9.94. The molecule has 3 aromatic rings. The molecule has 1 aromatic heterocycles. The Bertz CT molecular complexity index is 973. The standard InChI is InChI=1S/C19H24F2N2O.C5H6N2O/c1-2-13-4-3-5-14(6-13)11-23-12-19(24)18(22)9-15-7-16(20)10-17(21)8-15;1-4-2-5(3-8)7-6-4/h3-8,10,18-19,23-24H,2,9,11-12,22H2,1H3;2-3H,1H3,(H,6,7). The maximum Gasteiger partial charge on any atom is 0.170 e. The van der Waals surface area contributed by atoms with E-state index < -0.39 is 23.8 Å². The fourth-order valence-electron chi connectivity index (χ4n) is 3.11. The van der Waals surface area contributed by atoms with Crippen LogP contribution >= 0.6 is 0 Å². The van der Waals surface area contributed by atoms with Crippen molar-refractivity contribution in [2.24, 2.45) is 5.73 Å². The van der Waals surface area contributed by atoms with Crippen molar-refractivity contribution in [3.63, 3.8) is 0 Å². The van der Waals surface area contributed by atoms with E-state index in [1.54, 1.807) is 6.07 Å². The van der Waals surface area contributed by atoms with Gasteiger partial charge in [-0.15, -0.1) is 0 Å². The molecule has 0 spiro atoms. The number of H-pyrrole nitrogens is 1. The molecule has 0 saturated carbocycles. The molecule has 0 aliphatic rings. The average Bonchev–Trinajstić information content (AvgIpc) is 3.19. The van der Waals surface area contributed by atoms with Gasteiger partial charge in [-0.25, -0.2) is 8.78 Å². The van der Waals surface area contributed by atoms with E-state index in [9.17, 15) is 18.7 Å². The molecule has 3 rings (SSSR count). The molecule has 2 aromatic carbocycles. The van der Waals surface area contributed by atoms with Gasteiger partial charge in [-0.3, -0.25) is 9.89 Å². The van der Waals surface area contributed by atoms with Crippen LogP contribution in [0.4, 0.5) is 8.78 Å². The van der Waals surface area contributed by atoms with Crippen molar-refractivity contribution in [3.8, 4) is 0 Å². The van der Waals surface area contributed by atoms with Crippen molar-refractivity contribution < 1.29 is 18.7 Å². The van der Waals surface area contributed by atoms with Crippen molar-refractivity contribution in [1.82, 2.24) is 15.5 Å². The average molecular weight is 445 g/mol. The third-order valence-electron chi connectivity index (χ3n) is 4.82. The number of aromatic nitrogens is 2. The first-order chi connectivity index (χ1) is 15.3. The number of aldehydes is 1. The van der Waals surface area contributed by atoms with Crippen LogP contribution in [-0.2, 0) is 19.4 Å². The summed E-state index contributed by atoms with van der Waals surface area (Å²) in [6, 6.07) is 12.6. The molecule has 0 saturated heterocycles. The molecular weight excluding hydrogens is 414 g/mol. The second-order valence-corrected chi connectivity index (χ2v) is 7.61. The zero-order chi connectivity index (χ0) is 23.5. The molecule has 5 N–H and O–H groups in total. The Balaban J connectivity index is 0.000000380. The van der Waals surface area contributed by atoms with Gasteiger partial charge in [0.15, 0.2) is 6.29 Å². The van der Waals surface area contributed by atoms with Crippen LogP contribution in [-0.4, -0.2) is 40.3 Å². The fraction of sp³-hybridized carbons (Fsp3) is 0.333. The van der Waals surface area contributed by atoms with Crippen LogP contribution in [0.3, 0.4) is 0 Å². The van der Waals surface area contributed by atoms with E-state index in [-0.39, 0.29) is 6.42 Å². The van der Waals surface area contributed by atoms with Crippen molar-refractivity contribution in [2.45, 2.75) is 45.4 Å². The Morgan fingerprint density at radius 2 is 1.81 bits per heavy atom. The first-order valence-electron chi connectivity index (χ1n) is 10.4. The van der Waals surface area contributed by atoms with Crippen LogP contribution in [0.2, 0.25) is 0 Å². The molecule has 172 valence electrons. The summed E-state index contributed by atoms with van der Waals surface area (Å²) < 4.78 is 26.4. The van der Waals surface area contributed by atoms with Gasteiger partial charge in [0, 0.05) is 30.9 Å². The summed E-state index contributed by atoms with van der Waals surface area (Å²) in [6.07, 6.45) is 1.10. The van der Waals surface area contributed by atoms with Crippen LogP contribution in [0.5, 0.6) is 0 Å². The summed E-state index contributed by atoms with van der Waals surface area (Å²) >= 11 is 0. The van der Waals surface area contributed by atoms with Crippen molar-refractivity contribution in [1.29, 1.82) is 0 Å². The second-order valence-electron chi connectivity index (χ2n) is 7.61. The van der Waals surface area contributed by atoms with Gasteiger partial charge < -0.3 is 16.2 Å². The predicted molar refractivity (Wildman–Crippen MR) is 120 cm³/mol. The number of hydrogen-bond donors (Lipinski definition) is 4. The van der Waals surface area contributed by atoms with E-state index in [0.29, 0.717) is 30.6 Å². The number of aryl methyl sites for hydroxylation is 2. The minimum Gasteiger partial charge on any atom is -0.390 e. The van der Waals surface area contributed by atoms with Gasteiger partial charge in [-0.1, -0.05) is 31.2 Å². The Kier molecular flexibility index (Phi) is 10.1. The number of nitrogens with two attached hydrogens (primary N) is 1. The van der Waals surface area contributed by atoms with Crippen molar-refractivity contribution in [3.05, 3.63) is 88.2 Å². The van der Waals surface area contributed by atoms with E-state index in [1.807, 2.05) is 19.1 Å². The third kappa shape index (κ3) is 8.66. The van der Waals surface area contributed by atoms with E-state index in [2.05, 4.69) is 34.6 Å². The molecule has 32 heavy (non-hydrogen) atoms. The number of nitrogens with zero attached hydrogens (tertiary/aromatic N) is 1. The number of nitrogens with one attached hydrogen (secondary N) is 2. The summed E-state index contributed by atoms with van der Waals surface area (Å²) in [5, 5.41) is 19.6. The Morgan fingerprint density at radius 3 is 2.38 bits per heavy atom. The third-order valence-corrected chi connectivity index (χ3v) is 4.82. The van der Waals surface area contributed by atoms with E-state index in [1.165, 1.54) is 17.7 Å². The molecule has 0 aliphatic heterocycles. The first kappa shape index (κ1) is 25.3. The van der Waals surface area contributed by atoms with Gasteiger partial charge in [0.25, 0.3) is 0 Å². The van der Waals surface area contributed by atoms with Gasteiger partial charge in [0.05, 0.1) is 6.10 Å². The number of carbonyl (C=O) groups excluding carboxylic acids is 1. The van der Waals surface area contributed by atoms with Crippen LogP contribution in [0.15, 0.2) is 48.5 Å². The number of benzene rings is 2. The molecule has 2 unspecified atom stereocenters. The van der Waals surface area contributed by atoms with Gasteiger partial charge in [-0.2, -0.15) is 5.10 Å². The lowest BCUT2D eigenvalue weighted by Crippen LogP contribution is -2.43. The van der Waals surface area contributed by atoms with E-state index in [0.717, 1.165) is 23.7 Å². The number of halogens is 2. The molecular formula is C24H30F2N4O2. The van der Waals surface area contributed by atoms with Gasteiger partial charge >= 0.3 is 0 Å². The topological polar surface area (TPSA) is 104 Å². The van der Waals surface area contributed by atoms with Crippen molar-refractivity contribution >= 4 is 6.29 Å².